The van der Waals surface area contributed by atoms with Gasteiger partial charge in [-0.25, -0.2) is 4.39 Å². The number of benzene rings is 2. The zero-order valence-corrected chi connectivity index (χ0v) is 16.4. The van der Waals surface area contributed by atoms with E-state index < -0.39 is 0 Å². The van der Waals surface area contributed by atoms with Crippen molar-refractivity contribution < 1.29 is 14.0 Å². The molecule has 0 aliphatic carbocycles. The molecule has 0 aromatic heterocycles. The first-order valence-electron chi connectivity index (χ1n) is 9.39. The van der Waals surface area contributed by atoms with Crippen LogP contribution in [0.3, 0.4) is 0 Å². The molecular formula is C21H27FN3OS+. The van der Waals surface area contributed by atoms with E-state index in [0.717, 1.165) is 31.9 Å². The number of morpholine rings is 1. The average Bonchev–Trinajstić information content (AvgIpc) is 2.69. The summed E-state index contributed by atoms with van der Waals surface area (Å²) >= 11 is 5.50. The van der Waals surface area contributed by atoms with Gasteiger partial charge < -0.3 is 20.3 Å². The Morgan fingerprint density at radius 3 is 2.44 bits per heavy atom. The van der Waals surface area contributed by atoms with Gasteiger partial charge in [0, 0.05) is 12.1 Å². The molecular weight excluding hydrogens is 361 g/mol. The van der Waals surface area contributed by atoms with E-state index in [-0.39, 0.29) is 11.9 Å². The highest BCUT2D eigenvalue weighted by molar-refractivity contribution is 7.80. The molecule has 144 valence electrons. The molecule has 3 rings (SSSR count). The van der Waals surface area contributed by atoms with E-state index >= 15 is 0 Å². The lowest BCUT2D eigenvalue weighted by molar-refractivity contribution is -0.940. The Bertz CT molecular complexity index is 720. The third-order valence-corrected chi connectivity index (χ3v) is 5.22. The molecule has 1 aliphatic heterocycles. The molecule has 0 saturated carbocycles. The number of thiocarbonyl (C=S) groups is 1. The van der Waals surface area contributed by atoms with Crippen LogP contribution in [0.1, 0.15) is 24.1 Å². The van der Waals surface area contributed by atoms with E-state index in [1.165, 1.54) is 22.6 Å². The van der Waals surface area contributed by atoms with Crippen molar-refractivity contribution in [2.75, 3.05) is 26.3 Å². The standard InChI is InChI=1S/C21H26FN3OS/c1-16(24-21(27)23-15-17-7-9-19(22)10-8-17)20(18-5-3-2-4-6-18)25-11-13-26-14-12-25/h2-10,16,20H,11-15H2,1H3,(H2,23,24,27)/p+1/t16-,20-/m0/s1. The van der Waals surface area contributed by atoms with Crippen molar-refractivity contribution in [1.29, 1.82) is 0 Å². The number of rotatable bonds is 6. The van der Waals surface area contributed by atoms with Gasteiger partial charge in [0.15, 0.2) is 5.11 Å². The van der Waals surface area contributed by atoms with Crippen LogP contribution in [-0.4, -0.2) is 37.5 Å². The lowest BCUT2D eigenvalue weighted by Crippen LogP contribution is -3.15. The lowest BCUT2D eigenvalue weighted by atomic mass is 9.98. The van der Waals surface area contributed by atoms with Crippen LogP contribution in [0, 0.1) is 5.82 Å². The van der Waals surface area contributed by atoms with Crippen LogP contribution in [0.4, 0.5) is 4.39 Å². The Hall–Kier alpha value is -2.02. The van der Waals surface area contributed by atoms with E-state index in [4.69, 9.17) is 17.0 Å². The van der Waals surface area contributed by atoms with Gasteiger partial charge in [-0.2, -0.15) is 0 Å². The Kier molecular flexibility index (Phi) is 7.15. The largest absolute Gasteiger partial charge is 0.370 e. The Morgan fingerprint density at radius 1 is 1.11 bits per heavy atom. The van der Waals surface area contributed by atoms with Crippen LogP contribution in [-0.2, 0) is 11.3 Å². The lowest BCUT2D eigenvalue weighted by Gasteiger charge is -2.35. The minimum absolute atomic E-state index is 0.161. The second kappa shape index (κ2) is 9.78. The Labute approximate surface area is 165 Å². The molecule has 2 atom stereocenters. The fraction of sp³-hybridized carbons (Fsp3) is 0.381. The zero-order valence-electron chi connectivity index (χ0n) is 15.6. The van der Waals surface area contributed by atoms with Crippen LogP contribution < -0.4 is 15.5 Å². The summed E-state index contributed by atoms with van der Waals surface area (Å²) in [5.41, 5.74) is 2.29. The summed E-state index contributed by atoms with van der Waals surface area (Å²) in [7, 11) is 0. The first-order chi connectivity index (χ1) is 13.1. The monoisotopic (exact) mass is 388 g/mol. The van der Waals surface area contributed by atoms with Crippen LogP contribution in [0.2, 0.25) is 0 Å². The van der Waals surface area contributed by atoms with Crippen molar-refractivity contribution in [3.05, 3.63) is 71.5 Å². The summed E-state index contributed by atoms with van der Waals surface area (Å²) in [5, 5.41) is 7.28. The van der Waals surface area contributed by atoms with Gasteiger partial charge in [-0.3, -0.25) is 0 Å². The van der Waals surface area contributed by atoms with Gasteiger partial charge in [-0.15, -0.1) is 0 Å². The third-order valence-electron chi connectivity index (χ3n) is 4.96. The predicted molar refractivity (Wildman–Crippen MR) is 109 cm³/mol. The molecule has 2 aromatic carbocycles. The molecule has 1 aliphatic rings. The highest BCUT2D eigenvalue weighted by atomic mass is 32.1. The fourth-order valence-electron chi connectivity index (χ4n) is 3.61. The first-order valence-corrected chi connectivity index (χ1v) is 9.80. The maximum atomic E-state index is 13.0. The SMILES string of the molecule is C[C@H](NC(=S)NCc1ccc(F)cc1)[C@@H](c1ccccc1)[NH+]1CCOCC1. The molecule has 1 heterocycles. The minimum Gasteiger partial charge on any atom is -0.370 e. The number of nitrogens with one attached hydrogen (secondary N) is 3. The van der Waals surface area contributed by atoms with E-state index in [0.29, 0.717) is 17.7 Å². The molecule has 1 fully saturated rings. The predicted octanol–water partition coefficient (Wildman–Crippen LogP) is 1.83. The number of ether oxygens (including phenoxy) is 1. The number of quaternary nitrogens is 1. The molecule has 4 nitrogen and oxygen atoms in total. The summed E-state index contributed by atoms with van der Waals surface area (Å²) < 4.78 is 18.6. The number of hydrogen-bond donors (Lipinski definition) is 3. The first kappa shape index (κ1) is 19.7. The second-order valence-corrected chi connectivity index (χ2v) is 7.31. The molecule has 27 heavy (non-hydrogen) atoms. The molecule has 6 heteroatoms. The molecule has 1 saturated heterocycles. The molecule has 0 spiro atoms. The van der Waals surface area contributed by atoms with E-state index in [9.17, 15) is 4.39 Å². The van der Waals surface area contributed by atoms with Gasteiger partial charge >= 0.3 is 0 Å². The highest BCUT2D eigenvalue weighted by Crippen LogP contribution is 2.14. The number of hydrogen-bond acceptors (Lipinski definition) is 2. The summed E-state index contributed by atoms with van der Waals surface area (Å²) in [6.07, 6.45) is 0. The van der Waals surface area contributed by atoms with Crippen molar-refractivity contribution in [1.82, 2.24) is 10.6 Å². The van der Waals surface area contributed by atoms with Crippen molar-refractivity contribution in [2.24, 2.45) is 0 Å². The Morgan fingerprint density at radius 2 is 1.78 bits per heavy atom. The maximum absolute atomic E-state index is 13.0. The maximum Gasteiger partial charge on any atom is 0.167 e. The topological polar surface area (TPSA) is 37.7 Å². The van der Waals surface area contributed by atoms with Gasteiger partial charge in [-0.05, 0) is 36.8 Å². The van der Waals surface area contributed by atoms with Gasteiger partial charge in [0.05, 0.1) is 19.3 Å². The average molecular weight is 389 g/mol. The molecule has 0 unspecified atom stereocenters. The van der Waals surface area contributed by atoms with Crippen molar-refractivity contribution in [2.45, 2.75) is 25.6 Å². The van der Waals surface area contributed by atoms with Crippen LogP contribution in [0.15, 0.2) is 54.6 Å². The molecule has 0 amide bonds. The molecule has 2 aromatic rings. The van der Waals surface area contributed by atoms with Crippen LogP contribution >= 0.6 is 12.2 Å². The normalized spacial score (nSPS) is 17.1. The third kappa shape index (κ3) is 5.73. The van der Waals surface area contributed by atoms with Crippen LogP contribution in [0.5, 0.6) is 0 Å². The van der Waals surface area contributed by atoms with E-state index in [1.807, 2.05) is 6.07 Å². The second-order valence-electron chi connectivity index (χ2n) is 6.90. The molecule has 3 N–H and O–H groups in total. The summed E-state index contributed by atoms with van der Waals surface area (Å²) in [4.78, 5) is 1.51. The number of halogens is 1. The summed E-state index contributed by atoms with van der Waals surface area (Å²) in [6, 6.07) is 17.5. The van der Waals surface area contributed by atoms with Gasteiger partial charge in [0.25, 0.3) is 0 Å². The molecule has 0 bridgehead atoms. The quantitative estimate of drug-likeness (QED) is 0.660. The van der Waals surface area contributed by atoms with E-state index in [1.54, 1.807) is 12.1 Å². The fourth-order valence-corrected chi connectivity index (χ4v) is 3.87. The van der Waals surface area contributed by atoms with Crippen molar-refractivity contribution in [3.63, 3.8) is 0 Å². The van der Waals surface area contributed by atoms with E-state index in [2.05, 4.69) is 41.8 Å². The van der Waals surface area contributed by atoms with Crippen molar-refractivity contribution >= 4 is 17.3 Å². The zero-order chi connectivity index (χ0) is 19.1. The van der Waals surface area contributed by atoms with Crippen molar-refractivity contribution in [3.8, 4) is 0 Å². The minimum atomic E-state index is -0.229. The highest BCUT2D eigenvalue weighted by Gasteiger charge is 2.31. The van der Waals surface area contributed by atoms with Gasteiger partial charge in [0.2, 0.25) is 0 Å². The Balaban J connectivity index is 1.61. The summed E-state index contributed by atoms with van der Waals surface area (Å²) in [5.74, 6) is -0.229. The summed E-state index contributed by atoms with van der Waals surface area (Å²) in [6.45, 7) is 6.30. The smallest absolute Gasteiger partial charge is 0.167 e. The van der Waals surface area contributed by atoms with Gasteiger partial charge in [-0.1, -0.05) is 42.5 Å². The molecule has 0 radical (unpaired) electrons. The van der Waals surface area contributed by atoms with Crippen LogP contribution in [0.25, 0.3) is 0 Å². The van der Waals surface area contributed by atoms with Gasteiger partial charge in [0.1, 0.15) is 24.9 Å².